The number of rotatable bonds is 8. The summed E-state index contributed by atoms with van der Waals surface area (Å²) in [7, 11) is 1.74. The first-order valence-corrected chi connectivity index (χ1v) is 8.70. The van der Waals surface area contributed by atoms with Crippen molar-refractivity contribution in [2.45, 2.75) is 13.3 Å². The molecule has 6 heteroatoms. The SMILES string of the molecule is Cc1ccccc1OCCN(C)C(=O)CCNC(=O)c1cccs1. The van der Waals surface area contributed by atoms with Gasteiger partial charge < -0.3 is 15.0 Å². The molecule has 0 bridgehead atoms. The fraction of sp³-hybridized carbons (Fsp3) is 0.333. The molecule has 0 saturated carbocycles. The molecule has 24 heavy (non-hydrogen) atoms. The highest BCUT2D eigenvalue weighted by Gasteiger charge is 2.11. The van der Waals surface area contributed by atoms with Crippen molar-refractivity contribution in [1.29, 1.82) is 0 Å². The lowest BCUT2D eigenvalue weighted by Crippen LogP contribution is -2.34. The predicted molar refractivity (Wildman–Crippen MR) is 95.6 cm³/mol. The van der Waals surface area contributed by atoms with Gasteiger partial charge in [-0.1, -0.05) is 24.3 Å². The van der Waals surface area contributed by atoms with E-state index in [1.807, 2.05) is 42.6 Å². The van der Waals surface area contributed by atoms with Crippen molar-refractivity contribution in [3.63, 3.8) is 0 Å². The topological polar surface area (TPSA) is 58.6 Å². The maximum absolute atomic E-state index is 12.0. The van der Waals surface area contributed by atoms with Crippen LogP contribution in [0.4, 0.5) is 0 Å². The smallest absolute Gasteiger partial charge is 0.261 e. The van der Waals surface area contributed by atoms with Gasteiger partial charge in [-0.15, -0.1) is 11.3 Å². The number of nitrogens with one attached hydrogen (secondary N) is 1. The van der Waals surface area contributed by atoms with E-state index in [4.69, 9.17) is 4.74 Å². The van der Waals surface area contributed by atoms with Crippen LogP contribution in [0.5, 0.6) is 5.75 Å². The Morgan fingerprint density at radius 3 is 2.71 bits per heavy atom. The van der Waals surface area contributed by atoms with Crippen LogP contribution in [0.2, 0.25) is 0 Å². The van der Waals surface area contributed by atoms with Gasteiger partial charge in [0.15, 0.2) is 0 Å². The highest BCUT2D eigenvalue weighted by molar-refractivity contribution is 7.12. The van der Waals surface area contributed by atoms with Crippen molar-refractivity contribution in [3.05, 3.63) is 52.2 Å². The Kier molecular flexibility index (Phi) is 6.81. The van der Waals surface area contributed by atoms with E-state index in [0.717, 1.165) is 11.3 Å². The minimum Gasteiger partial charge on any atom is -0.491 e. The van der Waals surface area contributed by atoms with Crippen LogP contribution in [-0.4, -0.2) is 43.5 Å². The van der Waals surface area contributed by atoms with Gasteiger partial charge in [0.2, 0.25) is 5.91 Å². The lowest BCUT2D eigenvalue weighted by atomic mass is 10.2. The summed E-state index contributed by atoms with van der Waals surface area (Å²) >= 11 is 1.38. The molecule has 0 aliphatic rings. The van der Waals surface area contributed by atoms with E-state index in [2.05, 4.69) is 5.32 Å². The monoisotopic (exact) mass is 346 g/mol. The van der Waals surface area contributed by atoms with Gasteiger partial charge >= 0.3 is 0 Å². The molecule has 1 aromatic heterocycles. The number of likely N-dealkylation sites (N-methyl/N-ethyl adjacent to an activating group) is 1. The Hall–Kier alpha value is -2.34. The number of hydrogen-bond acceptors (Lipinski definition) is 4. The van der Waals surface area contributed by atoms with Crippen LogP contribution in [0, 0.1) is 6.92 Å². The summed E-state index contributed by atoms with van der Waals surface area (Å²) in [4.78, 5) is 26.1. The first-order valence-electron chi connectivity index (χ1n) is 7.82. The number of amides is 2. The first kappa shape index (κ1) is 18.0. The summed E-state index contributed by atoms with van der Waals surface area (Å²) in [5, 5.41) is 4.60. The zero-order valence-corrected chi connectivity index (χ0v) is 14.8. The van der Waals surface area contributed by atoms with Gasteiger partial charge in [0, 0.05) is 20.0 Å². The second-order valence-corrected chi connectivity index (χ2v) is 6.36. The van der Waals surface area contributed by atoms with E-state index in [0.29, 0.717) is 24.6 Å². The molecule has 0 radical (unpaired) electrons. The number of carbonyl (C=O) groups excluding carboxylic acids is 2. The van der Waals surface area contributed by atoms with Gasteiger partial charge in [-0.05, 0) is 30.0 Å². The van der Waals surface area contributed by atoms with Crippen LogP contribution in [0.1, 0.15) is 21.7 Å². The summed E-state index contributed by atoms with van der Waals surface area (Å²) in [5.74, 6) is 0.680. The minimum atomic E-state index is -0.136. The Morgan fingerprint density at radius 2 is 2.00 bits per heavy atom. The number of aryl methyl sites for hydroxylation is 1. The van der Waals surface area contributed by atoms with E-state index < -0.39 is 0 Å². The van der Waals surface area contributed by atoms with Crippen molar-refractivity contribution >= 4 is 23.2 Å². The number of carbonyl (C=O) groups is 2. The van der Waals surface area contributed by atoms with E-state index in [9.17, 15) is 9.59 Å². The third-order valence-electron chi connectivity index (χ3n) is 3.57. The zero-order valence-electron chi connectivity index (χ0n) is 14.0. The minimum absolute atomic E-state index is 0.0186. The fourth-order valence-electron chi connectivity index (χ4n) is 2.10. The maximum Gasteiger partial charge on any atom is 0.261 e. The molecule has 1 aromatic carbocycles. The molecule has 128 valence electrons. The van der Waals surface area contributed by atoms with Crippen LogP contribution in [0.15, 0.2) is 41.8 Å². The number of thiophene rings is 1. The summed E-state index contributed by atoms with van der Waals surface area (Å²) in [6, 6.07) is 11.4. The lowest BCUT2D eigenvalue weighted by molar-refractivity contribution is -0.130. The van der Waals surface area contributed by atoms with Crippen molar-refractivity contribution in [2.24, 2.45) is 0 Å². The Labute approximate surface area is 146 Å². The molecule has 0 fully saturated rings. The van der Waals surface area contributed by atoms with Crippen LogP contribution < -0.4 is 10.1 Å². The maximum atomic E-state index is 12.0. The molecule has 1 heterocycles. The zero-order chi connectivity index (χ0) is 17.4. The molecule has 0 saturated heterocycles. The average Bonchev–Trinajstić information content (AvgIpc) is 3.11. The second-order valence-electron chi connectivity index (χ2n) is 5.41. The number of ether oxygens (including phenoxy) is 1. The molecule has 2 amide bonds. The van der Waals surface area contributed by atoms with Crippen molar-refractivity contribution in [3.8, 4) is 5.75 Å². The predicted octanol–water partition coefficient (Wildman–Crippen LogP) is 2.71. The summed E-state index contributed by atoms with van der Waals surface area (Å²) in [6.45, 7) is 3.26. The molecular formula is C18H22N2O3S. The van der Waals surface area contributed by atoms with Crippen molar-refractivity contribution < 1.29 is 14.3 Å². The highest BCUT2D eigenvalue weighted by atomic mass is 32.1. The largest absolute Gasteiger partial charge is 0.491 e. The standard InChI is InChI=1S/C18H22N2O3S/c1-14-6-3-4-7-15(14)23-12-11-20(2)17(21)9-10-19-18(22)16-8-5-13-24-16/h3-8,13H,9-12H2,1-2H3,(H,19,22). The summed E-state index contributed by atoms with van der Waals surface area (Å²) in [5.41, 5.74) is 1.07. The lowest BCUT2D eigenvalue weighted by Gasteiger charge is -2.18. The molecule has 2 rings (SSSR count). The first-order chi connectivity index (χ1) is 11.6. The van der Waals surface area contributed by atoms with E-state index in [-0.39, 0.29) is 18.2 Å². The molecule has 5 nitrogen and oxygen atoms in total. The summed E-state index contributed by atoms with van der Waals surface area (Å²) < 4.78 is 5.69. The summed E-state index contributed by atoms with van der Waals surface area (Å²) in [6.07, 6.45) is 0.276. The molecule has 1 N–H and O–H groups in total. The molecule has 0 atom stereocenters. The van der Waals surface area contributed by atoms with E-state index >= 15 is 0 Å². The molecule has 0 spiro atoms. The Balaban J connectivity index is 1.65. The molecular weight excluding hydrogens is 324 g/mol. The van der Waals surface area contributed by atoms with Gasteiger partial charge in [0.05, 0.1) is 11.4 Å². The van der Waals surface area contributed by atoms with Gasteiger partial charge in [-0.25, -0.2) is 0 Å². The van der Waals surface area contributed by atoms with Crippen LogP contribution in [0.25, 0.3) is 0 Å². The van der Waals surface area contributed by atoms with Crippen LogP contribution in [0.3, 0.4) is 0 Å². The normalized spacial score (nSPS) is 10.2. The van der Waals surface area contributed by atoms with Crippen LogP contribution >= 0.6 is 11.3 Å². The van der Waals surface area contributed by atoms with Gasteiger partial charge in [-0.3, -0.25) is 9.59 Å². The number of benzene rings is 1. The van der Waals surface area contributed by atoms with E-state index in [1.54, 1.807) is 18.0 Å². The molecule has 0 unspecified atom stereocenters. The number of para-hydroxylation sites is 1. The third kappa shape index (κ3) is 5.38. The van der Waals surface area contributed by atoms with Gasteiger partial charge in [-0.2, -0.15) is 0 Å². The Bertz CT molecular complexity index is 671. The van der Waals surface area contributed by atoms with Crippen molar-refractivity contribution in [1.82, 2.24) is 10.2 Å². The van der Waals surface area contributed by atoms with Gasteiger partial charge in [0.1, 0.15) is 12.4 Å². The molecule has 0 aliphatic heterocycles. The fourth-order valence-corrected chi connectivity index (χ4v) is 2.74. The Morgan fingerprint density at radius 1 is 1.21 bits per heavy atom. The average molecular weight is 346 g/mol. The van der Waals surface area contributed by atoms with E-state index in [1.165, 1.54) is 11.3 Å². The molecule has 2 aromatic rings. The molecule has 0 aliphatic carbocycles. The quantitative estimate of drug-likeness (QED) is 0.799. The van der Waals surface area contributed by atoms with Crippen LogP contribution in [-0.2, 0) is 4.79 Å². The number of hydrogen-bond donors (Lipinski definition) is 1. The van der Waals surface area contributed by atoms with Crippen molar-refractivity contribution in [2.75, 3.05) is 26.7 Å². The second kappa shape index (κ2) is 9.08. The third-order valence-corrected chi connectivity index (χ3v) is 4.44. The van der Waals surface area contributed by atoms with Gasteiger partial charge in [0.25, 0.3) is 5.91 Å². The highest BCUT2D eigenvalue weighted by Crippen LogP contribution is 2.15. The number of nitrogens with zero attached hydrogens (tertiary/aromatic N) is 1.